The van der Waals surface area contributed by atoms with E-state index in [2.05, 4.69) is 5.32 Å². The van der Waals surface area contributed by atoms with Gasteiger partial charge in [-0.05, 0) is 12.3 Å². The summed E-state index contributed by atoms with van der Waals surface area (Å²) >= 11 is 0. The molecule has 0 spiro atoms. The van der Waals surface area contributed by atoms with Gasteiger partial charge in [0.15, 0.2) is 0 Å². The molecule has 1 heterocycles. The summed E-state index contributed by atoms with van der Waals surface area (Å²) < 4.78 is 10.2. The van der Waals surface area contributed by atoms with Crippen LogP contribution in [-0.4, -0.2) is 36.9 Å². The van der Waals surface area contributed by atoms with E-state index in [0.717, 1.165) is 0 Å². The van der Waals surface area contributed by atoms with Crippen molar-refractivity contribution in [3.8, 4) is 0 Å². The van der Waals surface area contributed by atoms with Gasteiger partial charge in [-0.2, -0.15) is 0 Å². The molecule has 0 aromatic heterocycles. The van der Waals surface area contributed by atoms with Crippen molar-refractivity contribution in [2.75, 3.05) is 19.8 Å². The van der Waals surface area contributed by atoms with Gasteiger partial charge in [-0.1, -0.05) is 13.8 Å². The zero-order chi connectivity index (χ0) is 12.0. The average molecular weight is 229 g/mol. The summed E-state index contributed by atoms with van der Waals surface area (Å²) in [6.07, 6.45) is 1.87. The number of amides is 1. The molecule has 0 bridgehead atoms. The Labute approximate surface area is 95.4 Å². The monoisotopic (exact) mass is 229 g/mol. The zero-order valence-electron chi connectivity index (χ0n) is 9.73. The first-order valence-electron chi connectivity index (χ1n) is 5.51. The second-order valence-electron chi connectivity index (χ2n) is 4.04. The Hall–Kier alpha value is -1.23. The van der Waals surface area contributed by atoms with E-state index < -0.39 is 0 Å². The van der Waals surface area contributed by atoms with Crippen LogP contribution in [0.5, 0.6) is 0 Å². The molecule has 16 heavy (non-hydrogen) atoms. The fourth-order valence-electron chi connectivity index (χ4n) is 1.44. The third kappa shape index (κ3) is 3.73. The second-order valence-corrected chi connectivity index (χ2v) is 4.04. The van der Waals surface area contributed by atoms with Crippen molar-refractivity contribution in [3.05, 3.63) is 12.0 Å². The molecule has 1 aliphatic rings. The molecule has 5 nitrogen and oxygen atoms in total. The van der Waals surface area contributed by atoms with Gasteiger partial charge < -0.3 is 19.9 Å². The van der Waals surface area contributed by atoms with E-state index in [9.17, 15) is 4.79 Å². The Morgan fingerprint density at radius 3 is 2.81 bits per heavy atom. The smallest absolute Gasteiger partial charge is 0.289 e. The first-order valence-corrected chi connectivity index (χ1v) is 5.51. The van der Waals surface area contributed by atoms with Crippen molar-refractivity contribution in [3.63, 3.8) is 0 Å². The summed E-state index contributed by atoms with van der Waals surface area (Å²) in [6.45, 7) is 4.91. The standard InChI is InChI=1S/C11H19NO4/c1-8(2)9(3-4-13)12-11(14)10-7-15-5-6-16-10/h7-9,13H,3-6H2,1-2H3,(H,12,14). The Kier molecular flexibility index (Phi) is 5.11. The van der Waals surface area contributed by atoms with Crippen LogP contribution in [0.25, 0.3) is 0 Å². The van der Waals surface area contributed by atoms with Gasteiger partial charge in [0.05, 0.1) is 0 Å². The summed E-state index contributed by atoms with van der Waals surface area (Å²) in [4.78, 5) is 11.7. The van der Waals surface area contributed by atoms with E-state index >= 15 is 0 Å². The lowest BCUT2D eigenvalue weighted by atomic mass is 10.0. The Balaban J connectivity index is 2.50. The topological polar surface area (TPSA) is 67.8 Å². The van der Waals surface area contributed by atoms with Crippen LogP contribution >= 0.6 is 0 Å². The minimum atomic E-state index is -0.285. The summed E-state index contributed by atoms with van der Waals surface area (Å²) in [5.74, 6) is 0.183. The van der Waals surface area contributed by atoms with Crippen LogP contribution in [0.15, 0.2) is 12.0 Å². The molecule has 1 rings (SSSR count). The van der Waals surface area contributed by atoms with Crippen molar-refractivity contribution in [2.24, 2.45) is 5.92 Å². The molecule has 0 aromatic carbocycles. The van der Waals surface area contributed by atoms with E-state index in [0.29, 0.717) is 19.6 Å². The first kappa shape index (κ1) is 12.8. The van der Waals surface area contributed by atoms with Crippen molar-refractivity contribution in [1.29, 1.82) is 0 Å². The first-order chi connectivity index (χ1) is 7.65. The number of ether oxygens (including phenoxy) is 2. The minimum Gasteiger partial charge on any atom is -0.494 e. The van der Waals surface area contributed by atoms with Gasteiger partial charge in [0.25, 0.3) is 5.91 Å². The quantitative estimate of drug-likeness (QED) is 0.716. The molecule has 5 heteroatoms. The van der Waals surface area contributed by atoms with Crippen LogP contribution in [0, 0.1) is 5.92 Å². The molecular formula is C11H19NO4. The summed E-state index contributed by atoms with van der Waals surface area (Å²) in [5.41, 5.74) is 0. The van der Waals surface area contributed by atoms with Crippen LogP contribution in [0.3, 0.4) is 0 Å². The van der Waals surface area contributed by atoms with Crippen LogP contribution in [-0.2, 0) is 14.3 Å². The number of hydrogen-bond acceptors (Lipinski definition) is 4. The van der Waals surface area contributed by atoms with Gasteiger partial charge in [0.1, 0.15) is 19.5 Å². The maximum atomic E-state index is 11.7. The molecule has 0 radical (unpaired) electrons. The molecule has 1 amide bonds. The lowest BCUT2D eigenvalue weighted by Crippen LogP contribution is -2.40. The lowest BCUT2D eigenvalue weighted by molar-refractivity contribution is -0.123. The van der Waals surface area contributed by atoms with Crippen molar-refractivity contribution in [1.82, 2.24) is 5.32 Å². The molecule has 2 N–H and O–H groups in total. The molecule has 1 aliphatic heterocycles. The van der Waals surface area contributed by atoms with Crippen LogP contribution in [0.4, 0.5) is 0 Å². The predicted molar refractivity (Wildman–Crippen MR) is 58.5 cm³/mol. The normalized spacial score (nSPS) is 17.1. The molecule has 1 unspecified atom stereocenters. The van der Waals surface area contributed by atoms with Crippen molar-refractivity contribution >= 4 is 5.91 Å². The Morgan fingerprint density at radius 2 is 2.31 bits per heavy atom. The number of carbonyl (C=O) groups is 1. The zero-order valence-corrected chi connectivity index (χ0v) is 9.73. The molecule has 0 aliphatic carbocycles. The van der Waals surface area contributed by atoms with E-state index in [1.54, 1.807) is 0 Å². The SMILES string of the molecule is CC(C)C(CCO)NC(=O)C1=COCCO1. The van der Waals surface area contributed by atoms with E-state index in [4.69, 9.17) is 14.6 Å². The maximum Gasteiger partial charge on any atom is 0.289 e. The highest BCUT2D eigenvalue weighted by Crippen LogP contribution is 2.09. The van der Waals surface area contributed by atoms with Crippen LogP contribution < -0.4 is 5.32 Å². The fourth-order valence-corrected chi connectivity index (χ4v) is 1.44. The van der Waals surface area contributed by atoms with Gasteiger partial charge in [0.2, 0.25) is 5.76 Å². The lowest BCUT2D eigenvalue weighted by Gasteiger charge is -2.23. The van der Waals surface area contributed by atoms with Crippen LogP contribution in [0.1, 0.15) is 20.3 Å². The minimum absolute atomic E-state index is 0.0519. The van der Waals surface area contributed by atoms with E-state index in [1.165, 1.54) is 6.26 Å². The van der Waals surface area contributed by atoms with E-state index in [-0.39, 0.29) is 30.2 Å². The third-order valence-electron chi connectivity index (χ3n) is 2.43. The number of rotatable bonds is 5. The second kappa shape index (κ2) is 6.37. The maximum absolute atomic E-state index is 11.7. The number of nitrogens with one attached hydrogen (secondary N) is 1. The van der Waals surface area contributed by atoms with Crippen molar-refractivity contribution < 1.29 is 19.4 Å². The number of aliphatic hydroxyl groups excluding tert-OH is 1. The fraction of sp³-hybridized carbons (Fsp3) is 0.727. The summed E-state index contributed by atoms with van der Waals surface area (Å²) in [6, 6.07) is -0.0519. The summed E-state index contributed by atoms with van der Waals surface area (Å²) in [5, 5.41) is 11.7. The molecular weight excluding hydrogens is 210 g/mol. The van der Waals surface area contributed by atoms with Crippen LogP contribution in [0.2, 0.25) is 0 Å². The van der Waals surface area contributed by atoms with Gasteiger partial charge in [0, 0.05) is 12.6 Å². The molecule has 0 fully saturated rings. The molecule has 92 valence electrons. The van der Waals surface area contributed by atoms with E-state index in [1.807, 2.05) is 13.8 Å². The highest BCUT2D eigenvalue weighted by Gasteiger charge is 2.20. The van der Waals surface area contributed by atoms with Gasteiger partial charge in [-0.3, -0.25) is 4.79 Å². The largest absolute Gasteiger partial charge is 0.494 e. The predicted octanol–water partition coefficient (Wildman–Crippen LogP) is 0.398. The average Bonchev–Trinajstić information content (AvgIpc) is 2.29. The number of hydrogen-bond donors (Lipinski definition) is 2. The van der Waals surface area contributed by atoms with Gasteiger partial charge >= 0.3 is 0 Å². The summed E-state index contributed by atoms with van der Waals surface area (Å²) in [7, 11) is 0. The molecule has 0 saturated carbocycles. The van der Waals surface area contributed by atoms with Gasteiger partial charge in [-0.15, -0.1) is 0 Å². The number of carbonyl (C=O) groups excluding carboxylic acids is 1. The highest BCUT2D eigenvalue weighted by atomic mass is 16.6. The highest BCUT2D eigenvalue weighted by molar-refractivity contribution is 5.91. The van der Waals surface area contributed by atoms with Crippen molar-refractivity contribution in [2.45, 2.75) is 26.3 Å². The molecule has 0 aromatic rings. The Morgan fingerprint density at radius 1 is 1.56 bits per heavy atom. The molecule has 0 saturated heterocycles. The Bertz CT molecular complexity index is 263. The van der Waals surface area contributed by atoms with Gasteiger partial charge in [-0.25, -0.2) is 0 Å². The molecule has 1 atom stereocenters. The third-order valence-corrected chi connectivity index (χ3v) is 2.43. The number of aliphatic hydroxyl groups is 1.